The Balaban J connectivity index is 2.00. The van der Waals surface area contributed by atoms with E-state index in [1.54, 1.807) is 5.57 Å². The Morgan fingerprint density at radius 1 is 1.40 bits per heavy atom. The number of hydrogen-bond acceptors (Lipinski definition) is 0. The summed E-state index contributed by atoms with van der Waals surface area (Å²) in [6, 6.07) is 0. The Morgan fingerprint density at radius 3 is 2.60 bits per heavy atom. The van der Waals surface area contributed by atoms with Gasteiger partial charge in [-0.3, -0.25) is 0 Å². The van der Waals surface area contributed by atoms with Gasteiger partial charge < -0.3 is 0 Å². The molecule has 0 bridgehead atoms. The maximum Gasteiger partial charge on any atom is -0.0259 e. The quantitative estimate of drug-likeness (QED) is 0.485. The average molecular weight is 136 g/mol. The summed E-state index contributed by atoms with van der Waals surface area (Å²) in [5, 5.41) is 0. The summed E-state index contributed by atoms with van der Waals surface area (Å²) in [7, 11) is 0. The molecule has 0 heterocycles. The average Bonchev–Trinajstić information content (AvgIpc) is 2.72. The summed E-state index contributed by atoms with van der Waals surface area (Å²) in [5.74, 6) is 0. The molecule has 0 unspecified atom stereocenters. The first-order valence-corrected chi connectivity index (χ1v) is 4.53. The molecule has 0 aromatic heterocycles. The van der Waals surface area contributed by atoms with Gasteiger partial charge in [0.15, 0.2) is 0 Å². The molecular formula is C10H16. The van der Waals surface area contributed by atoms with Crippen molar-refractivity contribution in [2.24, 2.45) is 5.41 Å². The highest BCUT2D eigenvalue weighted by Gasteiger charge is 2.42. The molecule has 0 aromatic carbocycles. The van der Waals surface area contributed by atoms with Crippen molar-refractivity contribution in [2.45, 2.75) is 45.4 Å². The van der Waals surface area contributed by atoms with Crippen molar-refractivity contribution in [1.82, 2.24) is 0 Å². The van der Waals surface area contributed by atoms with E-state index in [1.807, 2.05) is 0 Å². The highest BCUT2D eigenvalue weighted by molar-refractivity contribution is 5.13. The van der Waals surface area contributed by atoms with Crippen molar-refractivity contribution >= 4 is 0 Å². The molecule has 0 amide bonds. The maximum atomic E-state index is 2.50. The maximum absolute atomic E-state index is 2.50. The molecule has 0 heteroatoms. The van der Waals surface area contributed by atoms with E-state index in [2.05, 4.69) is 13.0 Å². The first-order chi connectivity index (χ1) is 4.85. The van der Waals surface area contributed by atoms with E-state index in [-0.39, 0.29) is 0 Å². The zero-order chi connectivity index (χ0) is 7.03. The highest BCUT2D eigenvalue weighted by atomic mass is 14.5. The summed E-state index contributed by atoms with van der Waals surface area (Å²) in [5.41, 5.74) is 2.54. The molecule has 1 spiro atoms. The second-order valence-electron chi connectivity index (χ2n) is 3.92. The normalized spacial score (nSPS) is 28.3. The Kier molecular flexibility index (Phi) is 1.36. The standard InChI is InChI=1S/C10H16/c1-2-9-3-5-10(6-4-9)7-8-10/h3H,2,4-8H2,1H3. The molecule has 0 atom stereocenters. The zero-order valence-electron chi connectivity index (χ0n) is 6.82. The van der Waals surface area contributed by atoms with Crippen LogP contribution in [0.25, 0.3) is 0 Å². The van der Waals surface area contributed by atoms with Gasteiger partial charge in [0.05, 0.1) is 0 Å². The highest BCUT2D eigenvalue weighted by Crippen LogP contribution is 2.55. The van der Waals surface area contributed by atoms with Crippen LogP contribution < -0.4 is 0 Å². The van der Waals surface area contributed by atoms with E-state index in [0.29, 0.717) is 0 Å². The van der Waals surface area contributed by atoms with Gasteiger partial charge in [0.1, 0.15) is 0 Å². The summed E-state index contributed by atoms with van der Waals surface area (Å²) in [6.07, 6.45) is 11.1. The Morgan fingerprint density at radius 2 is 2.20 bits per heavy atom. The van der Waals surface area contributed by atoms with Crippen molar-refractivity contribution in [3.8, 4) is 0 Å². The third-order valence-electron chi connectivity index (χ3n) is 3.21. The summed E-state index contributed by atoms with van der Waals surface area (Å²) in [4.78, 5) is 0. The monoisotopic (exact) mass is 136 g/mol. The molecule has 0 N–H and O–H groups in total. The Labute approximate surface area is 63.3 Å². The van der Waals surface area contributed by atoms with Crippen LogP contribution in [0.4, 0.5) is 0 Å². The summed E-state index contributed by atoms with van der Waals surface area (Å²) >= 11 is 0. The van der Waals surface area contributed by atoms with Crippen LogP contribution in [0.15, 0.2) is 11.6 Å². The smallest absolute Gasteiger partial charge is 0.0259 e. The van der Waals surface area contributed by atoms with Crippen LogP contribution in [0.2, 0.25) is 0 Å². The fourth-order valence-electron chi connectivity index (χ4n) is 1.94. The van der Waals surface area contributed by atoms with Gasteiger partial charge in [-0.25, -0.2) is 0 Å². The minimum atomic E-state index is 0.832. The molecule has 2 aliphatic carbocycles. The summed E-state index contributed by atoms with van der Waals surface area (Å²) in [6.45, 7) is 2.27. The SMILES string of the molecule is CCC1=CCC2(CC1)CC2. The van der Waals surface area contributed by atoms with Crippen molar-refractivity contribution < 1.29 is 0 Å². The van der Waals surface area contributed by atoms with Crippen LogP contribution in [-0.2, 0) is 0 Å². The first-order valence-electron chi connectivity index (χ1n) is 4.53. The minimum absolute atomic E-state index is 0.832. The zero-order valence-corrected chi connectivity index (χ0v) is 6.82. The largest absolute Gasteiger partial charge is 0.0848 e. The molecule has 0 nitrogen and oxygen atoms in total. The molecule has 56 valence electrons. The van der Waals surface area contributed by atoms with Crippen LogP contribution in [0.5, 0.6) is 0 Å². The van der Waals surface area contributed by atoms with Gasteiger partial charge >= 0.3 is 0 Å². The molecule has 1 fully saturated rings. The Hall–Kier alpha value is -0.260. The molecule has 0 saturated heterocycles. The predicted octanol–water partition coefficient (Wildman–Crippen LogP) is 3.29. The number of allylic oxidation sites excluding steroid dienone is 2. The van der Waals surface area contributed by atoms with E-state index in [0.717, 1.165) is 5.41 Å². The third-order valence-corrected chi connectivity index (χ3v) is 3.21. The van der Waals surface area contributed by atoms with Crippen LogP contribution in [0, 0.1) is 5.41 Å². The van der Waals surface area contributed by atoms with Crippen molar-refractivity contribution in [3.63, 3.8) is 0 Å². The van der Waals surface area contributed by atoms with Gasteiger partial charge in [-0.05, 0) is 43.9 Å². The fourth-order valence-corrected chi connectivity index (χ4v) is 1.94. The lowest BCUT2D eigenvalue weighted by Crippen LogP contribution is -2.04. The molecule has 0 aromatic rings. The van der Waals surface area contributed by atoms with E-state index in [4.69, 9.17) is 0 Å². The van der Waals surface area contributed by atoms with Gasteiger partial charge in [0.25, 0.3) is 0 Å². The van der Waals surface area contributed by atoms with E-state index in [9.17, 15) is 0 Å². The minimum Gasteiger partial charge on any atom is -0.0848 e. The molecule has 2 aliphatic rings. The van der Waals surface area contributed by atoms with E-state index < -0.39 is 0 Å². The van der Waals surface area contributed by atoms with Gasteiger partial charge in [-0.15, -0.1) is 0 Å². The number of hydrogen-bond donors (Lipinski definition) is 0. The lowest BCUT2D eigenvalue weighted by molar-refractivity contribution is 0.446. The van der Waals surface area contributed by atoms with Crippen LogP contribution >= 0.6 is 0 Å². The van der Waals surface area contributed by atoms with Crippen molar-refractivity contribution in [3.05, 3.63) is 11.6 Å². The van der Waals surface area contributed by atoms with Crippen molar-refractivity contribution in [2.75, 3.05) is 0 Å². The lowest BCUT2D eigenvalue weighted by atomic mass is 9.86. The van der Waals surface area contributed by atoms with Gasteiger partial charge in [0.2, 0.25) is 0 Å². The fraction of sp³-hybridized carbons (Fsp3) is 0.800. The van der Waals surface area contributed by atoms with Gasteiger partial charge in [-0.2, -0.15) is 0 Å². The predicted molar refractivity (Wildman–Crippen MR) is 43.9 cm³/mol. The molecule has 1 saturated carbocycles. The number of rotatable bonds is 1. The van der Waals surface area contributed by atoms with Crippen molar-refractivity contribution in [1.29, 1.82) is 0 Å². The third kappa shape index (κ3) is 1.00. The van der Waals surface area contributed by atoms with Gasteiger partial charge in [0, 0.05) is 0 Å². The second kappa shape index (κ2) is 2.11. The molecule has 2 rings (SSSR count). The second-order valence-corrected chi connectivity index (χ2v) is 3.92. The topological polar surface area (TPSA) is 0 Å². The van der Waals surface area contributed by atoms with Crippen LogP contribution in [-0.4, -0.2) is 0 Å². The van der Waals surface area contributed by atoms with Gasteiger partial charge in [-0.1, -0.05) is 18.6 Å². The molecule has 10 heavy (non-hydrogen) atoms. The summed E-state index contributed by atoms with van der Waals surface area (Å²) < 4.78 is 0. The lowest BCUT2D eigenvalue weighted by Gasteiger charge is -2.19. The molecule has 0 radical (unpaired) electrons. The first kappa shape index (κ1) is 6.45. The van der Waals surface area contributed by atoms with E-state index >= 15 is 0 Å². The molecular weight excluding hydrogens is 120 g/mol. The van der Waals surface area contributed by atoms with E-state index in [1.165, 1.54) is 38.5 Å². The Bertz CT molecular complexity index is 161. The van der Waals surface area contributed by atoms with Crippen LogP contribution in [0.3, 0.4) is 0 Å². The molecule has 0 aliphatic heterocycles. The van der Waals surface area contributed by atoms with Crippen LogP contribution in [0.1, 0.15) is 45.4 Å².